The average Bonchev–Trinajstić information content (AvgIpc) is 3.15. The lowest BCUT2D eigenvalue weighted by Gasteiger charge is -2.12. The lowest BCUT2D eigenvalue weighted by Crippen LogP contribution is -2.25. The number of nitrogens with zero attached hydrogens (tertiary/aromatic N) is 2. The van der Waals surface area contributed by atoms with Crippen molar-refractivity contribution in [1.29, 1.82) is 0 Å². The molecule has 138 valence electrons. The molecule has 0 aliphatic rings. The van der Waals surface area contributed by atoms with E-state index in [1.165, 1.54) is 4.90 Å². The highest BCUT2D eigenvalue weighted by atomic mass is 16.2. The maximum absolute atomic E-state index is 12.6. The number of hydrogen-bond acceptors (Lipinski definition) is 2. The van der Waals surface area contributed by atoms with Gasteiger partial charge in [0.2, 0.25) is 0 Å². The number of benzene rings is 2. The Labute approximate surface area is 159 Å². The highest BCUT2D eigenvalue weighted by Gasteiger charge is 2.11. The summed E-state index contributed by atoms with van der Waals surface area (Å²) in [4.78, 5) is 26.0. The number of nitrogens with one attached hydrogen (secondary N) is 1. The molecule has 0 bridgehead atoms. The lowest BCUT2D eigenvalue weighted by molar-refractivity contribution is 0.0827. The Morgan fingerprint density at radius 3 is 2.26 bits per heavy atom. The summed E-state index contributed by atoms with van der Waals surface area (Å²) in [5, 5.41) is 2.94. The Morgan fingerprint density at radius 1 is 0.889 bits per heavy atom. The van der Waals surface area contributed by atoms with Gasteiger partial charge in [-0.1, -0.05) is 42.5 Å². The predicted molar refractivity (Wildman–Crippen MR) is 106 cm³/mol. The molecule has 0 saturated heterocycles. The Bertz CT molecular complexity index is 912. The van der Waals surface area contributed by atoms with Gasteiger partial charge in [0.25, 0.3) is 11.8 Å². The second-order valence-corrected chi connectivity index (χ2v) is 6.59. The van der Waals surface area contributed by atoms with Crippen molar-refractivity contribution in [2.75, 3.05) is 14.1 Å². The maximum atomic E-state index is 12.6. The van der Waals surface area contributed by atoms with E-state index < -0.39 is 0 Å². The summed E-state index contributed by atoms with van der Waals surface area (Å²) in [7, 11) is 3.45. The van der Waals surface area contributed by atoms with E-state index in [1.54, 1.807) is 26.2 Å². The Balaban J connectivity index is 1.62. The van der Waals surface area contributed by atoms with Gasteiger partial charge in [0.05, 0.1) is 0 Å². The molecular formula is C22H23N3O2. The maximum Gasteiger partial charge on any atom is 0.268 e. The Hall–Kier alpha value is -3.34. The van der Waals surface area contributed by atoms with Crippen LogP contribution in [0.15, 0.2) is 72.9 Å². The zero-order valence-electron chi connectivity index (χ0n) is 15.6. The zero-order valence-corrected chi connectivity index (χ0v) is 15.6. The van der Waals surface area contributed by atoms with Crippen LogP contribution in [-0.2, 0) is 13.1 Å². The third-order valence-corrected chi connectivity index (χ3v) is 4.32. The number of carbonyl (C=O) groups is 2. The van der Waals surface area contributed by atoms with Crippen LogP contribution in [0.4, 0.5) is 0 Å². The second-order valence-electron chi connectivity index (χ2n) is 6.59. The first kappa shape index (κ1) is 18.5. The summed E-state index contributed by atoms with van der Waals surface area (Å²) in [6, 6.07) is 21.0. The highest BCUT2D eigenvalue weighted by Crippen LogP contribution is 2.10. The molecule has 3 aromatic rings. The largest absolute Gasteiger partial charge is 0.347 e. The minimum absolute atomic E-state index is 0.0377. The molecule has 2 amide bonds. The summed E-state index contributed by atoms with van der Waals surface area (Å²) >= 11 is 0. The van der Waals surface area contributed by atoms with Crippen LogP contribution in [0.5, 0.6) is 0 Å². The monoisotopic (exact) mass is 361 g/mol. The normalized spacial score (nSPS) is 10.4. The topological polar surface area (TPSA) is 54.3 Å². The van der Waals surface area contributed by atoms with Crippen molar-refractivity contribution >= 4 is 11.8 Å². The van der Waals surface area contributed by atoms with Crippen LogP contribution in [0.1, 0.15) is 32.0 Å². The first-order chi connectivity index (χ1) is 13.0. The SMILES string of the molecule is CN(C)C(=O)c1ccc(CNC(=O)c2cccn2Cc2ccccc2)cc1. The van der Waals surface area contributed by atoms with Gasteiger partial charge in [0.15, 0.2) is 0 Å². The van der Waals surface area contributed by atoms with Crippen molar-refractivity contribution in [2.24, 2.45) is 0 Å². The summed E-state index contributed by atoms with van der Waals surface area (Å²) in [6.45, 7) is 1.06. The number of hydrogen-bond donors (Lipinski definition) is 1. The first-order valence-corrected chi connectivity index (χ1v) is 8.82. The molecule has 0 aliphatic heterocycles. The van der Waals surface area contributed by atoms with Crippen molar-refractivity contribution in [3.8, 4) is 0 Å². The zero-order chi connectivity index (χ0) is 19.2. The van der Waals surface area contributed by atoms with Crippen molar-refractivity contribution in [2.45, 2.75) is 13.1 Å². The summed E-state index contributed by atoms with van der Waals surface area (Å²) in [6.07, 6.45) is 1.91. The van der Waals surface area contributed by atoms with Gasteiger partial charge in [0.1, 0.15) is 5.69 Å². The van der Waals surface area contributed by atoms with Gasteiger partial charge in [-0.25, -0.2) is 0 Å². The molecule has 0 saturated carbocycles. The number of aromatic nitrogens is 1. The summed E-state index contributed by atoms with van der Waals surface area (Å²) in [5.41, 5.74) is 3.34. The molecule has 2 aromatic carbocycles. The summed E-state index contributed by atoms with van der Waals surface area (Å²) < 4.78 is 1.93. The smallest absolute Gasteiger partial charge is 0.268 e. The highest BCUT2D eigenvalue weighted by molar-refractivity contribution is 5.94. The van der Waals surface area contributed by atoms with E-state index in [1.807, 2.05) is 65.4 Å². The first-order valence-electron chi connectivity index (χ1n) is 8.82. The van der Waals surface area contributed by atoms with Crippen LogP contribution in [0.2, 0.25) is 0 Å². The summed E-state index contributed by atoms with van der Waals surface area (Å²) in [5.74, 6) is -0.159. The average molecular weight is 361 g/mol. The molecule has 1 heterocycles. The van der Waals surface area contributed by atoms with Crippen LogP contribution in [-0.4, -0.2) is 35.4 Å². The van der Waals surface area contributed by atoms with Gasteiger partial charge in [0, 0.05) is 38.9 Å². The van der Waals surface area contributed by atoms with E-state index in [9.17, 15) is 9.59 Å². The molecule has 1 N–H and O–H groups in total. The van der Waals surface area contributed by atoms with Crippen LogP contribution in [0, 0.1) is 0 Å². The van der Waals surface area contributed by atoms with E-state index in [-0.39, 0.29) is 11.8 Å². The molecule has 3 rings (SSSR count). The minimum Gasteiger partial charge on any atom is -0.347 e. The molecule has 0 spiro atoms. The van der Waals surface area contributed by atoms with E-state index in [2.05, 4.69) is 5.32 Å². The van der Waals surface area contributed by atoms with Crippen molar-refractivity contribution in [3.05, 3.63) is 95.3 Å². The van der Waals surface area contributed by atoms with Gasteiger partial charge in [-0.15, -0.1) is 0 Å². The molecule has 0 aliphatic carbocycles. The molecule has 27 heavy (non-hydrogen) atoms. The van der Waals surface area contributed by atoms with Crippen LogP contribution < -0.4 is 5.32 Å². The second kappa shape index (κ2) is 8.36. The third kappa shape index (κ3) is 4.64. The lowest BCUT2D eigenvalue weighted by atomic mass is 10.1. The van der Waals surface area contributed by atoms with E-state index in [0.717, 1.165) is 11.1 Å². The van der Waals surface area contributed by atoms with Crippen LogP contribution in [0.3, 0.4) is 0 Å². The molecular weight excluding hydrogens is 338 g/mol. The fourth-order valence-corrected chi connectivity index (χ4v) is 2.83. The van der Waals surface area contributed by atoms with Gasteiger partial charge in [-0.05, 0) is 35.4 Å². The quantitative estimate of drug-likeness (QED) is 0.733. The molecule has 1 aromatic heterocycles. The Kier molecular flexibility index (Phi) is 5.71. The molecule has 0 unspecified atom stereocenters. The van der Waals surface area contributed by atoms with Crippen LogP contribution >= 0.6 is 0 Å². The molecule has 0 radical (unpaired) electrons. The van der Waals surface area contributed by atoms with E-state index in [4.69, 9.17) is 0 Å². The minimum atomic E-state index is -0.121. The standard InChI is InChI=1S/C22H23N3O2/c1-24(2)22(27)19-12-10-17(11-13-19)15-23-21(26)20-9-6-14-25(20)16-18-7-4-3-5-8-18/h3-14H,15-16H2,1-2H3,(H,23,26). The van der Waals surface area contributed by atoms with Crippen LogP contribution in [0.25, 0.3) is 0 Å². The van der Waals surface area contributed by atoms with Gasteiger partial charge >= 0.3 is 0 Å². The van der Waals surface area contributed by atoms with E-state index >= 15 is 0 Å². The van der Waals surface area contributed by atoms with Crippen molar-refractivity contribution < 1.29 is 9.59 Å². The fourth-order valence-electron chi connectivity index (χ4n) is 2.83. The number of amides is 2. The van der Waals surface area contributed by atoms with Gasteiger partial charge in [-0.2, -0.15) is 0 Å². The fraction of sp³-hybridized carbons (Fsp3) is 0.182. The van der Waals surface area contributed by atoms with Crippen molar-refractivity contribution in [1.82, 2.24) is 14.8 Å². The Morgan fingerprint density at radius 2 is 1.59 bits per heavy atom. The molecule has 5 nitrogen and oxygen atoms in total. The van der Waals surface area contributed by atoms with Gasteiger partial charge < -0.3 is 14.8 Å². The predicted octanol–water partition coefficient (Wildman–Crippen LogP) is 3.17. The molecule has 5 heteroatoms. The molecule has 0 fully saturated rings. The van der Waals surface area contributed by atoms with Crippen molar-refractivity contribution in [3.63, 3.8) is 0 Å². The van der Waals surface area contributed by atoms with Gasteiger partial charge in [-0.3, -0.25) is 9.59 Å². The third-order valence-electron chi connectivity index (χ3n) is 4.32. The molecule has 0 atom stereocenters. The van der Waals surface area contributed by atoms with E-state index in [0.29, 0.717) is 24.3 Å². The number of rotatable bonds is 6. The number of carbonyl (C=O) groups excluding carboxylic acids is 2.